The maximum Gasteiger partial charge on any atom is 0.0615 e. The Morgan fingerprint density at radius 1 is 1.33 bits per heavy atom. The predicted molar refractivity (Wildman–Crippen MR) is 78.4 cm³/mol. The average Bonchev–Trinajstić information content (AvgIpc) is 2.97. The van der Waals surface area contributed by atoms with Gasteiger partial charge in [0.2, 0.25) is 0 Å². The summed E-state index contributed by atoms with van der Waals surface area (Å²) in [5.74, 6) is 0. The molecule has 98 valence electrons. The molecule has 1 saturated heterocycles. The lowest BCUT2D eigenvalue weighted by Gasteiger charge is -2.30. The van der Waals surface area contributed by atoms with Gasteiger partial charge in [-0.2, -0.15) is 0 Å². The number of halogens is 1. The molecule has 0 amide bonds. The van der Waals surface area contributed by atoms with Crippen molar-refractivity contribution in [2.45, 2.75) is 45.1 Å². The van der Waals surface area contributed by atoms with E-state index in [-0.39, 0.29) is 0 Å². The van der Waals surface area contributed by atoms with Crippen LogP contribution in [0.2, 0.25) is 0 Å². The zero-order chi connectivity index (χ0) is 12.6. The van der Waals surface area contributed by atoms with Gasteiger partial charge in [0.1, 0.15) is 0 Å². The standard InChI is InChI=1S/C16H21BrO/c1-12-16(11-17,7-8-18-12)10-13-5-6-14-3-2-4-15(14)9-13/h5-6,9,12H,2-4,7-8,10-11H2,1H3. The minimum absolute atomic E-state index is 0.298. The summed E-state index contributed by atoms with van der Waals surface area (Å²) in [6.45, 7) is 3.14. The Bertz CT molecular complexity index is 443. The quantitative estimate of drug-likeness (QED) is 0.769. The summed E-state index contributed by atoms with van der Waals surface area (Å²) >= 11 is 3.71. The molecule has 0 bridgehead atoms. The maximum absolute atomic E-state index is 5.79. The van der Waals surface area contributed by atoms with E-state index in [0.29, 0.717) is 11.5 Å². The normalized spacial score (nSPS) is 30.7. The van der Waals surface area contributed by atoms with Crippen LogP contribution in [0.25, 0.3) is 0 Å². The van der Waals surface area contributed by atoms with Crippen LogP contribution in [0.1, 0.15) is 36.5 Å². The Labute approximate surface area is 118 Å². The third-order valence-electron chi connectivity index (χ3n) is 4.82. The van der Waals surface area contributed by atoms with Gasteiger partial charge in [0.05, 0.1) is 6.10 Å². The largest absolute Gasteiger partial charge is 0.378 e. The van der Waals surface area contributed by atoms with Crippen molar-refractivity contribution in [3.63, 3.8) is 0 Å². The second-order valence-electron chi connectivity index (χ2n) is 5.89. The second kappa shape index (κ2) is 4.97. The van der Waals surface area contributed by atoms with E-state index in [0.717, 1.165) is 18.4 Å². The molecule has 2 aliphatic rings. The van der Waals surface area contributed by atoms with E-state index in [4.69, 9.17) is 4.74 Å². The Morgan fingerprint density at radius 3 is 2.89 bits per heavy atom. The van der Waals surface area contributed by atoms with Gasteiger partial charge >= 0.3 is 0 Å². The fourth-order valence-corrected chi connectivity index (χ4v) is 4.35. The van der Waals surface area contributed by atoms with E-state index in [1.165, 1.54) is 31.2 Å². The average molecular weight is 309 g/mol. The number of alkyl halides is 1. The van der Waals surface area contributed by atoms with Gasteiger partial charge in [-0.25, -0.2) is 0 Å². The van der Waals surface area contributed by atoms with Crippen molar-refractivity contribution in [3.05, 3.63) is 34.9 Å². The third kappa shape index (κ3) is 2.14. The zero-order valence-corrected chi connectivity index (χ0v) is 12.6. The molecule has 2 atom stereocenters. The first kappa shape index (κ1) is 12.7. The fourth-order valence-electron chi connectivity index (χ4n) is 3.42. The SMILES string of the molecule is CC1OCCC1(CBr)Cc1ccc2c(c1)CCC2. The van der Waals surface area contributed by atoms with Crippen LogP contribution in [0.15, 0.2) is 18.2 Å². The highest BCUT2D eigenvalue weighted by atomic mass is 79.9. The predicted octanol–water partition coefficient (Wildman–Crippen LogP) is 3.91. The van der Waals surface area contributed by atoms with Crippen molar-refractivity contribution in [3.8, 4) is 0 Å². The van der Waals surface area contributed by atoms with Gasteiger partial charge in [-0.3, -0.25) is 0 Å². The minimum Gasteiger partial charge on any atom is -0.378 e. The van der Waals surface area contributed by atoms with Crippen molar-refractivity contribution >= 4 is 15.9 Å². The first-order valence-electron chi connectivity index (χ1n) is 7.02. The molecule has 1 fully saturated rings. The number of hydrogen-bond acceptors (Lipinski definition) is 1. The first-order chi connectivity index (χ1) is 8.73. The molecule has 0 radical (unpaired) electrons. The van der Waals surface area contributed by atoms with Crippen LogP contribution in [0.4, 0.5) is 0 Å². The molecule has 0 saturated carbocycles. The lowest BCUT2D eigenvalue weighted by molar-refractivity contribution is 0.0746. The van der Waals surface area contributed by atoms with Crippen molar-refractivity contribution in [2.75, 3.05) is 11.9 Å². The molecule has 1 aromatic rings. The zero-order valence-electron chi connectivity index (χ0n) is 11.0. The molecule has 0 N–H and O–H groups in total. The van der Waals surface area contributed by atoms with Crippen molar-refractivity contribution < 1.29 is 4.74 Å². The third-order valence-corrected chi connectivity index (χ3v) is 5.93. The van der Waals surface area contributed by atoms with Crippen LogP contribution in [0.3, 0.4) is 0 Å². The van der Waals surface area contributed by atoms with Crippen LogP contribution in [-0.2, 0) is 24.0 Å². The van der Waals surface area contributed by atoms with E-state index in [1.807, 2.05) is 0 Å². The summed E-state index contributed by atoms with van der Waals surface area (Å²) in [4.78, 5) is 0. The summed E-state index contributed by atoms with van der Waals surface area (Å²) in [5.41, 5.74) is 4.95. The molecule has 3 rings (SSSR count). The summed E-state index contributed by atoms with van der Waals surface area (Å²) in [6.07, 6.45) is 6.57. The van der Waals surface area contributed by atoms with E-state index in [9.17, 15) is 0 Å². The van der Waals surface area contributed by atoms with Crippen molar-refractivity contribution in [1.29, 1.82) is 0 Å². The molecule has 0 spiro atoms. The topological polar surface area (TPSA) is 9.23 Å². The number of aryl methyl sites for hydroxylation is 2. The van der Waals surface area contributed by atoms with Gasteiger partial charge in [-0.15, -0.1) is 0 Å². The van der Waals surface area contributed by atoms with Crippen LogP contribution >= 0.6 is 15.9 Å². The van der Waals surface area contributed by atoms with Crippen molar-refractivity contribution in [1.82, 2.24) is 0 Å². The van der Waals surface area contributed by atoms with Gasteiger partial charge < -0.3 is 4.74 Å². The smallest absolute Gasteiger partial charge is 0.0615 e. The number of fused-ring (bicyclic) bond motifs is 1. The van der Waals surface area contributed by atoms with Crippen molar-refractivity contribution in [2.24, 2.45) is 5.41 Å². The Balaban J connectivity index is 1.83. The molecular formula is C16H21BrO. The summed E-state index contributed by atoms with van der Waals surface area (Å²) in [7, 11) is 0. The van der Waals surface area contributed by atoms with Crippen LogP contribution in [-0.4, -0.2) is 18.0 Å². The molecule has 1 nitrogen and oxygen atoms in total. The van der Waals surface area contributed by atoms with E-state index in [1.54, 1.807) is 11.1 Å². The summed E-state index contributed by atoms with van der Waals surface area (Å²) < 4.78 is 5.79. The molecule has 2 unspecified atom stereocenters. The Kier molecular flexibility index (Phi) is 3.50. The molecule has 1 aromatic carbocycles. The molecule has 1 heterocycles. The van der Waals surface area contributed by atoms with Crippen LogP contribution in [0, 0.1) is 5.41 Å². The number of benzene rings is 1. The van der Waals surface area contributed by atoms with E-state index < -0.39 is 0 Å². The van der Waals surface area contributed by atoms with Crippen LogP contribution in [0.5, 0.6) is 0 Å². The van der Waals surface area contributed by atoms with E-state index in [2.05, 4.69) is 41.1 Å². The number of ether oxygens (including phenoxy) is 1. The number of rotatable bonds is 3. The van der Waals surface area contributed by atoms with Crippen LogP contribution < -0.4 is 0 Å². The first-order valence-corrected chi connectivity index (χ1v) is 8.14. The lowest BCUT2D eigenvalue weighted by atomic mass is 9.78. The number of hydrogen-bond donors (Lipinski definition) is 0. The lowest BCUT2D eigenvalue weighted by Crippen LogP contribution is -2.32. The highest BCUT2D eigenvalue weighted by molar-refractivity contribution is 9.09. The fraction of sp³-hybridized carbons (Fsp3) is 0.625. The monoisotopic (exact) mass is 308 g/mol. The second-order valence-corrected chi connectivity index (χ2v) is 6.45. The van der Waals surface area contributed by atoms with Gasteiger partial charge in [-0.05, 0) is 55.7 Å². The molecule has 0 aromatic heterocycles. The molecule has 18 heavy (non-hydrogen) atoms. The van der Waals surface area contributed by atoms with Gasteiger partial charge in [0.15, 0.2) is 0 Å². The molecule has 2 heteroatoms. The van der Waals surface area contributed by atoms with Gasteiger partial charge in [0, 0.05) is 17.4 Å². The Morgan fingerprint density at radius 2 is 2.17 bits per heavy atom. The Hall–Kier alpha value is -0.340. The summed E-state index contributed by atoms with van der Waals surface area (Å²) in [5, 5.41) is 1.04. The molecule has 1 aliphatic carbocycles. The van der Waals surface area contributed by atoms with E-state index >= 15 is 0 Å². The maximum atomic E-state index is 5.79. The van der Waals surface area contributed by atoms with Gasteiger partial charge in [0.25, 0.3) is 0 Å². The highest BCUT2D eigenvalue weighted by Gasteiger charge is 2.40. The molecule has 1 aliphatic heterocycles. The summed E-state index contributed by atoms with van der Waals surface area (Å²) in [6, 6.07) is 7.12. The highest BCUT2D eigenvalue weighted by Crippen LogP contribution is 2.40. The van der Waals surface area contributed by atoms with Gasteiger partial charge in [-0.1, -0.05) is 34.1 Å². The minimum atomic E-state index is 0.298. The molecular weight excluding hydrogens is 288 g/mol.